The fourth-order valence-electron chi connectivity index (χ4n) is 2.58. The molecular formula is C18H19F2NO. The summed E-state index contributed by atoms with van der Waals surface area (Å²) in [5, 5.41) is 8.31. The number of ether oxygens (including phenoxy) is 1. The molecule has 0 aromatic heterocycles. The van der Waals surface area contributed by atoms with E-state index in [0.29, 0.717) is 12.5 Å². The predicted octanol–water partition coefficient (Wildman–Crippen LogP) is 4.83. The van der Waals surface area contributed by atoms with Gasteiger partial charge in [-0.3, -0.25) is 0 Å². The average Bonchev–Trinajstić information content (AvgIpc) is 2.55. The molecule has 2 rings (SSSR count). The molecule has 22 heavy (non-hydrogen) atoms. The lowest BCUT2D eigenvalue weighted by Crippen LogP contribution is -2.20. The van der Waals surface area contributed by atoms with Gasteiger partial charge in [-0.25, -0.2) is 4.39 Å². The molecule has 1 fully saturated rings. The maximum atomic E-state index is 12.8. The molecule has 2 nitrogen and oxygen atoms in total. The third-order valence-electron chi connectivity index (χ3n) is 3.85. The van der Waals surface area contributed by atoms with Gasteiger partial charge >= 0.3 is 0 Å². The second-order valence-electron chi connectivity index (χ2n) is 5.49. The summed E-state index contributed by atoms with van der Waals surface area (Å²) in [6.45, 7) is 0.502. The summed E-state index contributed by atoms with van der Waals surface area (Å²) in [4.78, 5) is 0. The third-order valence-corrected chi connectivity index (χ3v) is 3.85. The number of halogens is 2. The van der Waals surface area contributed by atoms with Gasteiger partial charge < -0.3 is 4.74 Å². The summed E-state index contributed by atoms with van der Waals surface area (Å²) in [6, 6.07) is 7.79. The minimum Gasteiger partial charge on any atom is -0.374 e. The smallest absolute Gasteiger partial charge is 0.199 e. The molecule has 0 spiro atoms. The van der Waals surface area contributed by atoms with Gasteiger partial charge in [0, 0.05) is 0 Å². The van der Waals surface area contributed by atoms with Gasteiger partial charge in [0.15, 0.2) is 5.83 Å². The van der Waals surface area contributed by atoms with Crippen molar-refractivity contribution in [2.75, 3.05) is 0 Å². The molecule has 0 radical (unpaired) electrons. The number of allylic oxidation sites excluding steroid dienone is 4. The van der Waals surface area contributed by atoms with Gasteiger partial charge in [0.1, 0.15) is 11.9 Å². The zero-order valence-corrected chi connectivity index (χ0v) is 12.3. The molecule has 0 amide bonds. The van der Waals surface area contributed by atoms with Crippen molar-refractivity contribution in [3.63, 3.8) is 0 Å². The molecule has 0 bridgehead atoms. The van der Waals surface area contributed by atoms with Crippen molar-refractivity contribution >= 4 is 0 Å². The lowest BCUT2D eigenvalue weighted by Gasteiger charge is -2.26. The van der Waals surface area contributed by atoms with Gasteiger partial charge in [0.25, 0.3) is 0 Å². The second-order valence-corrected chi connectivity index (χ2v) is 5.49. The highest BCUT2D eigenvalue weighted by Gasteiger charge is 2.19. The molecule has 1 aliphatic rings. The third kappa shape index (κ3) is 5.42. The van der Waals surface area contributed by atoms with E-state index in [4.69, 9.17) is 10.00 Å². The van der Waals surface area contributed by atoms with Crippen LogP contribution in [0.15, 0.2) is 48.3 Å². The highest BCUT2D eigenvalue weighted by molar-refractivity contribution is 5.19. The van der Waals surface area contributed by atoms with Crippen LogP contribution < -0.4 is 0 Å². The number of hydrogen-bond acceptors (Lipinski definition) is 2. The molecule has 1 aromatic rings. The summed E-state index contributed by atoms with van der Waals surface area (Å²) in [5.74, 6) is -0.598. The number of benzene rings is 1. The van der Waals surface area contributed by atoms with Crippen molar-refractivity contribution in [2.24, 2.45) is 5.92 Å². The van der Waals surface area contributed by atoms with Crippen molar-refractivity contribution in [3.05, 3.63) is 59.7 Å². The first-order chi connectivity index (χ1) is 10.7. The van der Waals surface area contributed by atoms with Crippen molar-refractivity contribution in [1.82, 2.24) is 0 Å². The molecule has 0 atom stereocenters. The zero-order valence-electron chi connectivity index (χ0n) is 12.3. The molecule has 4 heteroatoms. The summed E-state index contributed by atoms with van der Waals surface area (Å²) in [5.41, 5.74) is 0.973. The molecule has 0 unspecified atom stereocenters. The summed E-state index contributed by atoms with van der Waals surface area (Å²) < 4.78 is 31.3. The van der Waals surface area contributed by atoms with Gasteiger partial charge in [-0.05, 0) is 55.4 Å². The number of nitrogens with zero attached hydrogens (tertiary/aromatic N) is 1. The Morgan fingerprint density at radius 1 is 1.23 bits per heavy atom. The van der Waals surface area contributed by atoms with E-state index in [-0.39, 0.29) is 11.9 Å². The van der Waals surface area contributed by atoms with Crippen molar-refractivity contribution in [1.29, 1.82) is 5.26 Å². The van der Waals surface area contributed by atoms with Crippen molar-refractivity contribution in [2.45, 2.75) is 38.4 Å². The van der Waals surface area contributed by atoms with E-state index in [1.807, 2.05) is 6.08 Å². The Morgan fingerprint density at radius 2 is 1.91 bits per heavy atom. The van der Waals surface area contributed by atoms with Gasteiger partial charge in [-0.15, -0.1) is 0 Å². The Kier molecular flexibility index (Phi) is 6.29. The van der Waals surface area contributed by atoms with Crippen LogP contribution >= 0.6 is 0 Å². The lowest BCUT2D eigenvalue weighted by atomic mass is 9.87. The van der Waals surface area contributed by atoms with Crippen LogP contribution in [0.4, 0.5) is 8.78 Å². The van der Waals surface area contributed by atoms with Crippen LogP contribution in [0.5, 0.6) is 0 Å². The van der Waals surface area contributed by atoms with Crippen LogP contribution in [-0.2, 0) is 11.3 Å². The topological polar surface area (TPSA) is 33.0 Å². The number of hydrogen-bond donors (Lipinski definition) is 0. The Hall–Kier alpha value is -1.99. The first-order valence-electron chi connectivity index (χ1n) is 7.47. The quantitative estimate of drug-likeness (QED) is 0.576. The van der Waals surface area contributed by atoms with E-state index in [9.17, 15) is 8.78 Å². The van der Waals surface area contributed by atoms with E-state index in [2.05, 4.69) is 0 Å². The molecule has 0 saturated heterocycles. The predicted molar refractivity (Wildman–Crippen MR) is 80.9 cm³/mol. The normalized spacial score (nSPS) is 22.7. The van der Waals surface area contributed by atoms with Crippen molar-refractivity contribution in [3.8, 4) is 6.07 Å². The monoisotopic (exact) mass is 303 g/mol. The largest absolute Gasteiger partial charge is 0.374 e. The first-order valence-corrected chi connectivity index (χ1v) is 7.47. The summed E-state index contributed by atoms with van der Waals surface area (Å²) >= 11 is 0. The molecule has 0 heterocycles. The highest BCUT2D eigenvalue weighted by Crippen LogP contribution is 2.27. The molecule has 0 aliphatic heterocycles. The van der Waals surface area contributed by atoms with E-state index < -0.39 is 5.83 Å². The summed E-state index contributed by atoms with van der Waals surface area (Å²) in [7, 11) is 0. The van der Waals surface area contributed by atoms with Crippen LogP contribution in [0, 0.1) is 23.1 Å². The Balaban J connectivity index is 1.71. The molecule has 1 aliphatic carbocycles. The van der Waals surface area contributed by atoms with Crippen LogP contribution in [0.2, 0.25) is 0 Å². The maximum absolute atomic E-state index is 12.8. The SMILES string of the molecule is N#CC(F)=CC=CC1CCC(OCc2ccc(F)cc2)CC1. The maximum Gasteiger partial charge on any atom is 0.199 e. The Labute approximate surface area is 129 Å². The fourth-order valence-corrected chi connectivity index (χ4v) is 2.58. The minimum atomic E-state index is -0.771. The van der Waals surface area contributed by atoms with Crippen LogP contribution in [0.1, 0.15) is 31.2 Å². The van der Waals surface area contributed by atoms with Crippen molar-refractivity contribution < 1.29 is 13.5 Å². The zero-order chi connectivity index (χ0) is 15.8. The van der Waals surface area contributed by atoms with E-state index in [0.717, 1.165) is 31.2 Å². The summed E-state index contributed by atoms with van der Waals surface area (Å²) in [6.07, 6.45) is 8.88. The van der Waals surface area contributed by atoms with E-state index in [1.165, 1.54) is 24.3 Å². The van der Waals surface area contributed by atoms with Crippen LogP contribution in [-0.4, -0.2) is 6.10 Å². The molecule has 0 N–H and O–H groups in total. The Morgan fingerprint density at radius 3 is 2.55 bits per heavy atom. The molecule has 1 saturated carbocycles. The van der Waals surface area contributed by atoms with Gasteiger partial charge in [-0.2, -0.15) is 9.65 Å². The molecular weight excluding hydrogens is 284 g/mol. The van der Waals surface area contributed by atoms with Gasteiger partial charge in [0.05, 0.1) is 12.7 Å². The van der Waals surface area contributed by atoms with Gasteiger partial charge in [-0.1, -0.05) is 24.3 Å². The highest BCUT2D eigenvalue weighted by atomic mass is 19.1. The number of rotatable bonds is 5. The molecule has 1 aromatic carbocycles. The number of nitriles is 1. The fraction of sp³-hybridized carbons (Fsp3) is 0.389. The van der Waals surface area contributed by atoms with Crippen LogP contribution in [0.25, 0.3) is 0 Å². The lowest BCUT2D eigenvalue weighted by molar-refractivity contribution is 0.0110. The minimum absolute atomic E-state index is 0.223. The second kappa shape index (κ2) is 8.45. The first kappa shape index (κ1) is 16.4. The Bertz CT molecular complexity index is 564. The van der Waals surface area contributed by atoms with Crippen LogP contribution in [0.3, 0.4) is 0 Å². The van der Waals surface area contributed by atoms with E-state index >= 15 is 0 Å². The average molecular weight is 303 g/mol. The molecule has 116 valence electrons. The standard InChI is InChI=1S/C18H19F2NO/c19-16-8-4-15(5-9-16)13-22-18-10-6-14(7-11-18)2-1-3-17(20)12-21/h1-5,8-9,14,18H,6-7,10-11,13H2. The van der Waals surface area contributed by atoms with E-state index in [1.54, 1.807) is 18.2 Å². The van der Waals surface area contributed by atoms with Gasteiger partial charge in [0.2, 0.25) is 0 Å².